The van der Waals surface area contributed by atoms with Crippen molar-refractivity contribution < 1.29 is 4.79 Å². The lowest BCUT2D eigenvalue weighted by Gasteiger charge is -2.24. The number of carbonyl (C=O) groups excluding carboxylic acids is 1. The average Bonchev–Trinajstić information content (AvgIpc) is 2.74. The van der Waals surface area contributed by atoms with Gasteiger partial charge in [0.1, 0.15) is 0 Å². The van der Waals surface area contributed by atoms with Crippen molar-refractivity contribution in [3.05, 3.63) is 0 Å². The van der Waals surface area contributed by atoms with Crippen LogP contribution in [0.15, 0.2) is 0 Å². The van der Waals surface area contributed by atoms with Crippen LogP contribution in [0.4, 0.5) is 4.79 Å². The molecular weight excluding hydrogens is 216 g/mol. The highest BCUT2D eigenvalue weighted by molar-refractivity contribution is 5.74. The van der Waals surface area contributed by atoms with Gasteiger partial charge < -0.3 is 16.0 Å². The van der Waals surface area contributed by atoms with Crippen LogP contribution >= 0.6 is 0 Å². The molecule has 0 spiro atoms. The van der Waals surface area contributed by atoms with Gasteiger partial charge in [-0.25, -0.2) is 4.79 Å². The van der Waals surface area contributed by atoms with Crippen molar-refractivity contribution in [3.8, 4) is 0 Å². The second-order valence-electron chi connectivity index (χ2n) is 5.21. The Morgan fingerprint density at radius 3 is 2.94 bits per heavy atom. The quantitative estimate of drug-likeness (QED) is 0.666. The Morgan fingerprint density at radius 1 is 1.41 bits per heavy atom. The van der Waals surface area contributed by atoms with Gasteiger partial charge in [-0.2, -0.15) is 0 Å². The fourth-order valence-corrected chi connectivity index (χ4v) is 2.63. The number of piperidine rings is 1. The molecule has 17 heavy (non-hydrogen) atoms. The molecule has 2 aliphatic rings. The van der Waals surface area contributed by atoms with Crippen LogP contribution in [0.25, 0.3) is 0 Å². The smallest absolute Gasteiger partial charge is 0.316 e. The van der Waals surface area contributed by atoms with Gasteiger partial charge in [0.05, 0.1) is 6.17 Å². The molecule has 3 N–H and O–H groups in total. The van der Waals surface area contributed by atoms with Crippen molar-refractivity contribution in [2.24, 2.45) is 5.92 Å². The summed E-state index contributed by atoms with van der Waals surface area (Å²) in [7, 11) is 2.06. The fourth-order valence-electron chi connectivity index (χ4n) is 2.63. The van der Waals surface area contributed by atoms with Crippen molar-refractivity contribution in [3.63, 3.8) is 0 Å². The number of rotatable bonds is 3. The zero-order chi connectivity index (χ0) is 12.1. The van der Waals surface area contributed by atoms with Crippen molar-refractivity contribution in [1.82, 2.24) is 20.9 Å². The third-order valence-electron chi connectivity index (χ3n) is 3.77. The zero-order valence-corrected chi connectivity index (χ0v) is 10.7. The Morgan fingerprint density at radius 2 is 2.29 bits per heavy atom. The molecule has 2 amide bonds. The predicted octanol–water partition coefficient (Wildman–Crippen LogP) is 0.337. The highest BCUT2D eigenvalue weighted by Gasteiger charge is 2.22. The zero-order valence-electron chi connectivity index (χ0n) is 10.7. The standard InChI is InChI=1S/C12H24N4O/c1-16-7-3-5-11(16)15-12(17)14-9-10-4-2-6-13-8-10/h10-11,13H,2-9H2,1H3,(H2,14,15,17). The maximum Gasteiger partial charge on any atom is 0.316 e. The van der Waals surface area contributed by atoms with Gasteiger partial charge in [-0.05, 0) is 58.3 Å². The topological polar surface area (TPSA) is 56.4 Å². The van der Waals surface area contributed by atoms with Crippen molar-refractivity contribution in [2.75, 3.05) is 33.2 Å². The molecule has 2 aliphatic heterocycles. The summed E-state index contributed by atoms with van der Waals surface area (Å²) >= 11 is 0. The van der Waals surface area contributed by atoms with Crippen LogP contribution in [-0.4, -0.2) is 50.3 Å². The first-order valence-corrected chi connectivity index (χ1v) is 6.71. The van der Waals surface area contributed by atoms with Crippen LogP contribution in [-0.2, 0) is 0 Å². The molecule has 0 aliphatic carbocycles. The van der Waals surface area contributed by atoms with Crippen LogP contribution in [0.3, 0.4) is 0 Å². The molecule has 0 aromatic carbocycles. The Hall–Kier alpha value is -0.810. The number of amides is 2. The monoisotopic (exact) mass is 240 g/mol. The Kier molecular flexibility index (Phi) is 4.62. The lowest BCUT2D eigenvalue weighted by Crippen LogP contribution is -2.48. The van der Waals surface area contributed by atoms with E-state index in [-0.39, 0.29) is 12.2 Å². The molecule has 5 nitrogen and oxygen atoms in total. The van der Waals surface area contributed by atoms with Crippen molar-refractivity contribution in [2.45, 2.75) is 31.8 Å². The highest BCUT2D eigenvalue weighted by Crippen LogP contribution is 2.12. The van der Waals surface area contributed by atoms with E-state index in [1.807, 2.05) is 0 Å². The Bertz CT molecular complexity index is 253. The number of nitrogens with zero attached hydrogens (tertiary/aromatic N) is 1. The molecule has 2 rings (SSSR count). The second-order valence-corrected chi connectivity index (χ2v) is 5.21. The third kappa shape index (κ3) is 3.85. The first kappa shape index (κ1) is 12.6. The van der Waals surface area contributed by atoms with Gasteiger partial charge in [0.2, 0.25) is 0 Å². The lowest BCUT2D eigenvalue weighted by molar-refractivity contribution is 0.214. The minimum Gasteiger partial charge on any atom is -0.338 e. The normalized spacial score (nSPS) is 30.2. The first-order chi connectivity index (χ1) is 8.25. The largest absolute Gasteiger partial charge is 0.338 e. The Balaban J connectivity index is 1.63. The van der Waals surface area contributed by atoms with Gasteiger partial charge in [0.25, 0.3) is 0 Å². The van der Waals surface area contributed by atoms with E-state index in [2.05, 4.69) is 27.9 Å². The van der Waals surface area contributed by atoms with E-state index < -0.39 is 0 Å². The molecule has 5 heteroatoms. The van der Waals surface area contributed by atoms with Gasteiger partial charge in [0, 0.05) is 6.54 Å². The maximum atomic E-state index is 11.7. The minimum atomic E-state index is -0.0191. The number of nitrogens with one attached hydrogen (secondary N) is 3. The number of carbonyl (C=O) groups is 1. The SMILES string of the molecule is CN1CCCC1NC(=O)NCC1CCCNC1. The molecule has 0 aromatic heterocycles. The molecule has 0 bridgehead atoms. The summed E-state index contributed by atoms with van der Waals surface area (Å²) in [6, 6.07) is -0.0191. The number of hydrogen-bond donors (Lipinski definition) is 3. The van der Waals surface area contributed by atoms with Gasteiger partial charge in [-0.1, -0.05) is 0 Å². The minimum absolute atomic E-state index is 0.0191. The fraction of sp³-hybridized carbons (Fsp3) is 0.917. The molecular formula is C12H24N4O. The van der Waals surface area contributed by atoms with E-state index in [0.717, 1.165) is 32.6 Å². The predicted molar refractivity (Wildman–Crippen MR) is 67.8 cm³/mol. The van der Waals surface area contributed by atoms with E-state index in [1.165, 1.54) is 19.3 Å². The van der Waals surface area contributed by atoms with E-state index in [9.17, 15) is 4.79 Å². The molecule has 2 fully saturated rings. The summed E-state index contributed by atoms with van der Waals surface area (Å²) in [4.78, 5) is 13.9. The van der Waals surface area contributed by atoms with E-state index in [4.69, 9.17) is 0 Å². The molecule has 0 aromatic rings. The second kappa shape index (κ2) is 6.21. The average molecular weight is 240 g/mol. The summed E-state index contributed by atoms with van der Waals surface area (Å²) in [5.41, 5.74) is 0. The van der Waals surface area contributed by atoms with Crippen molar-refractivity contribution >= 4 is 6.03 Å². The van der Waals surface area contributed by atoms with Gasteiger partial charge in [0.15, 0.2) is 0 Å². The molecule has 2 atom stereocenters. The summed E-state index contributed by atoms with van der Waals surface area (Å²) in [6.45, 7) is 4.02. The summed E-state index contributed by atoms with van der Waals surface area (Å²) in [5, 5.41) is 9.37. The summed E-state index contributed by atoms with van der Waals surface area (Å²) < 4.78 is 0. The molecule has 98 valence electrons. The summed E-state index contributed by atoms with van der Waals surface area (Å²) in [5.74, 6) is 0.593. The lowest BCUT2D eigenvalue weighted by atomic mass is 10.00. The number of likely N-dealkylation sites (tertiary alicyclic amines) is 1. The molecule has 2 heterocycles. The van der Waals surface area contributed by atoms with Crippen LogP contribution in [0.5, 0.6) is 0 Å². The number of hydrogen-bond acceptors (Lipinski definition) is 3. The van der Waals surface area contributed by atoms with Gasteiger partial charge in [-0.3, -0.25) is 4.90 Å². The molecule has 0 radical (unpaired) electrons. The van der Waals surface area contributed by atoms with Gasteiger partial charge >= 0.3 is 6.03 Å². The van der Waals surface area contributed by atoms with Crippen LogP contribution < -0.4 is 16.0 Å². The van der Waals surface area contributed by atoms with Crippen molar-refractivity contribution in [1.29, 1.82) is 0 Å². The number of urea groups is 1. The molecule has 2 unspecified atom stereocenters. The highest BCUT2D eigenvalue weighted by atomic mass is 16.2. The van der Waals surface area contributed by atoms with E-state index >= 15 is 0 Å². The van der Waals surface area contributed by atoms with Crippen LogP contribution in [0.2, 0.25) is 0 Å². The van der Waals surface area contributed by atoms with Gasteiger partial charge in [-0.15, -0.1) is 0 Å². The third-order valence-corrected chi connectivity index (χ3v) is 3.77. The van der Waals surface area contributed by atoms with Crippen LogP contribution in [0, 0.1) is 5.92 Å². The molecule has 0 saturated carbocycles. The summed E-state index contributed by atoms with van der Waals surface area (Å²) in [6.07, 6.45) is 4.90. The van der Waals surface area contributed by atoms with E-state index in [1.54, 1.807) is 0 Å². The Labute approximate surface area is 103 Å². The first-order valence-electron chi connectivity index (χ1n) is 6.71. The molecule has 2 saturated heterocycles. The van der Waals surface area contributed by atoms with Crippen LogP contribution in [0.1, 0.15) is 25.7 Å². The van der Waals surface area contributed by atoms with E-state index in [0.29, 0.717) is 5.92 Å². The maximum absolute atomic E-state index is 11.7.